The third-order valence-corrected chi connectivity index (χ3v) is 3.74. The van der Waals surface area contributed by atoms with Gasteiger partial charge in [0, 0.05) is 12.3 Å². The predicted molar refractivity (Wildman–Crippen MR) is 67.8 cm³/mol. The van der Waals surface area contributed by atoms with Crippen LogP contribution < -0.4 is 5.32 Å². The highest BCUT2D eigenvalue weighted by Gasteiger charge is 2.24. The number of hydrogen-bond acceptors (Lipinski definition) is 2. The first-order valence-corrected chi connectivity index (χ1v) is 6.15. The van der Waals surface area contributed by atoms with Gasteiger partial charge in [-0.2, -0.15) is 0 Å². The van der Waals surface area contributed by atoms with Gasteiger partial charge in [-0.15, -0.1) is 0 Å². The van der Waals surface area contributed by atoms with E-state index in [1.807, 2.05) is 30.3 Å². The molecule has 0 spiro atoms. The van der Waals surface area contributed by atoms with Gasteiger partial charge in [-0.25, -0.2) is 4.99 Å². The molecular formula is C12H16N2S. The normalized spacial score (nSPS) is 22.4. The molecule has 1 saturated heterocycles. The summed E-state index contributed by atoms with van der Waals surface area (Å²) in [5.74, 6) is 1.13. The Morgan fingerprint density at radius 2 is 2.00 bits per heavy atom. The molecule has 0 saturated carbocycles. The average molecular weight is 220 g/mol. The Labute approximate surface area is 95.2 Å². The molecule has 0 aromatic heterocycles. The molecule has 1 aromatic rings. The molecule has 2 nitrogen and oxygen atoms in total. The van der Waals surface area contributed by atoms with Crippen LogP contribution in [0.3, 0.4) is 0 Å². The quantitative estimate of drug-likeness (QED) is 0.786. The van der Waals surface area contributed by atoms with Crippen LogP contribution in [0, 0.1) is 5.41 Å². The molecule has 1 aromatic carbocycles. The minimum atomic E-state index is 0.375. The minimum Gasteiger partial charge on any atom is -0.364 e. The van der Waals surface area contributed by atoms with Gasteiger partial charge in [0.15, 0.2) is 5.17 Å². The molecule has 1 aliphatic heterocycles. The SMILES string of the molecule is CC1(C)CN/C(=N/c2ccccc2)SC1. The molecule has 0 radical (unpaired) electrons. The number of para-hydroxylation sites is 1. The van der Waals surface area contributed by atoms with Crippen molar-refractivity contribution < 1.29 is 0 Å². The first kappa shape index (κ1) is 10.6. The van der Waals surface area contributed by atoms with Crippen LogP contribution in [0.15, 0.2) is 35.3 Å². The summed E-state index contributed by atoms with van der Waals surface area (Å²) >= 11 is 1.80. The number of hydrogen-bond donors (Lipinski definition) is 1. The van der Waals surface area contributed by atoms with Crippen LogP contribution >= 0.6 is 11.8 Å². The Kier molecular flexibility index (Phi) is 3.00. The lowest BCUT2D eigenvalue weighted by Crippen LogP contribution is -2.39. The van der Waals surface area contributed by atoms with Crippen molar-refractivity contribution in [2.75, 3.05) is 12.3 Å². The van der Waals surface area contributed by atoms with Crippen molar-refractivity contribution in [3.63, 3.8) is 0 Å². The number of benzene rings is 1. The number of amidine groups is 1. The molecule has 0 aliphatic carbocycles. The molecule has 15 heavy (non-hydrogen) atoms. The van der Waals surface area contributed by atoms with E-state index >= 15 is 0 Å². The van der Waals surface area contributed by atoms with E-state index in [9.17, 15) is 0 Å². The maximum Gasteiger partial charge on any atom is 0.161 e. The van der Waals surface area contributed by atoms with Crippen molar-refractivity contribution >= 4 is 22.6 Å². The number of aliphatic imine (C=N–C) groups is 1. The van der Waals surface area contributed by atoms with Crippen LogP contribution in [0.2, 0.25) is 0 Å². The summed E-state index contributed by atoms with van der Waals surface area (Å²) in [7, 11) is 0. The van der Waals surface area contributed by atoms with Gasteiger partial charge in [0.05, 0.1) is 5.69 Å². The van der Waals surface area contributed by atoms with E-state index in [4.69, 9.17) is 0 Å². The van der Waals surface area contributed by atoms with E-state index in [2.05, 4.69) is 24.2 Å². The van der Waals surface area contributed by atoms with Crippen LogP contribution in [0.25, 0.3) is 0 Å². The van der Waals surface area contributed by atoms with Crippen LogP contribution in [-0.4, -0.2) is 17.5 Å². The zero-order chi connectivity index (χ0) is 10.7. The van der Waals surface area contributed by atoms with Gasteiger partial charge in [-0.3, -0.25) is 0 Å². The standard InChI is InChI=1S/C12H16N2S/c1-12(2)8-13-11(15-9-12)14-10-6-4-3-5-7-10/h3-7H,8-9H2,1-2H3,(H,13,14). The van der Waals surface area contributed by atoms with Gasteiger partial charge in [-0.05, 0) is 17.5 Å². The Hall–Kier alpha value is -0.960. The molecule has 1 fully saturated rings. The Morgan fingerprint density at radius 3 is 2.60 bits per heavy atom. The molecule has 2 rings (SSSR count). The predicted octanol–water partition coefficient (Wildman–Crippen LogP) is 3.04. The second kappa shape index (κ2) is 4.27. The second-order valence-electron chi connectivity index (χ2n) is 4.56. The largest absolute Gasteiger partial charge is 0.364 e. The van der Waals surface area contributed by atoms with Crippen molar-refractivity contribution in [2.45, 2.75) is 13.8 Å². The molecular weight excluding hydrogens is 204 g/mol. The van der Waals surface area contributed by atoms with Crippen molar-refractivity contribution in [3.8, 4) is 0 Å². The first-order chi connectivity index (χ1) is 7.16. The van der Waals surface area contributed by atoms with Gasteiger partial charge >= 0.3 is 0 Å². The molecule has 0 unspecified atom stereocenters. The van der Waals surface area contributed by atoms with Gasteiger partial charge in [-0.1, -0.05) is 43.8 Å². The molecule has 0 amide bonds. The molecule has 3 heteroatoms. The monoisotopic (exact) mass is 220 g/mol. The fraction of sp³-hybridized carbons (Fsp3) is 0.417. The van der Waals surface area contributed by atoms with E-state index < -0.39 is 0 Å². The van der Waals surface area contributed by atoms with Gasteiger partial charge in [0.25, 0.3) is 0 Å². The maximum atomic E-state index is 4.55. The summed E-state index contributed by atoms with van der Waals surface area (Å²) in [6, 6.07) is 10.1. The van der Waals surface area contributed by atoms with Crippen LogP contribution in [0.1, 0.15) is 13.8 Å². The fourth-order valence-electron chi connectivity index (χ4n) is 1.37. The molecule has 1 heterocycles. The van der Waals surface area contributed by atoms with E-state index in [1.54, 1.807) is 11.8 Å². The van der Waals surface area contributed by atoms with E-state index in [1.165, 1.54) is 0 Å². The summed E-state index contributed by atoms with van der Waals surface area (Å²) in [6.45, 7) is 5.55. The Balaban J connectivity index is 2.05. The smallest absolute Gasteiger partial charge is 0.161 e. The number of nitrogens with zero attached hydrogens (tertiary/aromatic N) is 1. The molecule has 80 valence electrons. The minimum absolute atomic E-state index is 0.375. The summed E-state index contributed by atoms with van der Waals surface area (Å²) in [5, 5.41) is 4.41. The molecule has 1 N–H and O–H groups in total. The van der Waals surface area contributed by atoms with Crippen LogP contribution in [-0.2, 0) is 0 Å². The van der Waals surface area contributed by atoms with Gasteiger partial charge in [0.1, 0.15) is 0 Å². The third-order valence-electron chi connectivity index (χ3n) is 2.30. The highest BCUT2D eigenvalue weighted by Crippen LogP contribution is 2.26. The third kappa shape index (κ3) is 2.99. The van der Waals surface area contributed by atoms with Gasteiger partial charge < -0.3 is 5.32 Å². The topological polar surface area (TPSA) is 24.4 Å². The van der Waals surface area contributed by atoms with Crippen molar-refractivity contribution in [3.05, 3.63) is 30.3 Å². The first-order valence-electron chi connectivity index (χ1n) is 5.16. The number of thioether (sulfide) groups is 1. The van der Waals surface area contributed by atoms with E-state index in [0.717, 1.165) is 23.2 Å². The lowest BCUT2D eigenvalue weighted by Gasteiger charge is -2.30. The zero-order valence-corrected chi connectivity index (χ0v) is 9.97. The van der Waals surface area contributed by atoms with Crippen LogP contribution in [0.4, 0.5) is 5.69 Å². The summed E-state index contributed by atoms with van der Waals surface area (Å²) in [6.07, 6.45) is 0. The van der Waals surface area contributed by atoms with Crippen molar-refractivity contribution in [2.24, 2.45) is 10.4 Å². The summed E-state index contributed by atoms with van der Waals surface area (Å²) < 4.78 is 0. The Morgan fingerprint density at radius 1 is 1.27 bits per heavy atom. The zero-order valence-electron chi connectivity index (χ0n) is 9.16. The summed E-state index contributed by atoms with van der Waals surface area (Å²) in [4.78, 5) is 4.55. The highest BCUT2D eigenvalue weighted by atomic mass is 32.2. The van der Waals surface area contributed by atoms with Crippen LogP contribution in [0.5, 0.6) is 0 Å². The van der Waals surface area contributed by atoms with E-state index in [0.29, 0.717) is 5.41 Å². The molecule has 1 aliphatic rings. The number of rotatable bonds is 1. The molecule has 0 bridgehead atoms. The average Bonchev–Trinajstić information content (AvgIpc) is 2.23. The van der Waals surface area contributed by atoms with E-state index in [-0.39, 0.29) is 0 Å². The second-order valence-corrected chi connectivity index (χ2v) is 5.52. The Bertz CT molecular complexity index is 345. The summed E-state index contributed by atoms with van der Waals surface area (Å²) in [5.41, 5.74) is 1.40. The fourth-order valence-corrected chi connectivity index (χ4v) is 2.35. The number of nitrogens with one attached hydrogen (secondary N) is 1. The highest BCUT2D eigenvalue weighted by molar-refractivity contribution is 8.13. The lowest BCUT2D eigenvalue weighted by molar-refractivity contribution is 0.415. The lowest BCUT2D eigenvalue weighted by atomic mass is 9.96. The molecule has 0 atom stereocenters. The van der Waals surface area contributed by atoms with Crippen molar-refractivity contribution in [1.29, 1.82) is 0 Å². The van der Waals surface area contributed by atoms with Crippen molar-refractivity contribution in [1.82, 2.24) is 5.32 Å². The maximum absolute atomic E-state index is 4.55. The van der Waals surface area contributed by atoms with Gasteiger partial charge in [0.2, 0.25) is 0 Å².